The Hall–Kier alpha value is -2.81. The molecule has 0 aromatic heterocycles. The molecule has 8 nitrogen and oxygen atoms in total. The number of ether oxygens (including phenoxy) is 3. The predicted molar refractivity (Wildman–Crippen MR) is 104 cm³/mol. The van der Waals surface area contributed by atoms with E-state index in [4.69, 9.17) is 14.2 Å². The van der Waals surface area contributed by atoms with Crippen molar-refractivity contribution in [2.45, 2.75) is 44.6 Å². The Balaban J connectivity index is 1.76. The number of amides is 1. The zero-order valence-corrected chi connectivity index (χ0v) is 16.1. The van der Waals surface area contributed by atoms with E-state index in [0.29, 0.717) is 0 Å². The van der Waals surface area contributed by atoms with Gasteiger partial charge < -0.3 is 19.5 Å². The van der Waals surface area contributed by atoms with Crippen molar-refractivity contribution in [2.24, 2.45) is 0 Å². The number of hydrogen-bond donors (Lipinski definition) is 1. The molecule has 154 valence electrons. The van der Waals surface area contributed by atoms with Crippen molar-refractivity contribution in [1.29, 1.82) is 0 Å². The normalized spacial score (nSPS) is 24.0. The van der Waals surface area contributed by atoms with E-state index >= 15 is 0 Å². The van der Waals surface area contributed by atoms with Crippen LogP contribution in [0, 0.1) is 10.1 Å². The van der Waals surface area contributed by atoms with E-state index in [-0.39, 0.29) is 19.8 Å². The molecule has 0 spiro atoms. The third-order valence-electron chi connectivity index (χ3n) is 4.63. The Morgan fingerprint density at radius 2 is 1.62 bits per heavy atom. The number of nitrogens with zero attached hydrogens (tertiary/aromatic N) is 1. The first kappa shape index (κ1) is 20.9. The lowest BCUT2D eigenvalue weighted by molar-refractivity contribution is -0.559. The van der Waals surface area contributed by atoms with Gasteiger partial charge in [0.15, 0.2) is 6.10 Å². The number of rotatable bonds is 8. The monoisotopic (exact) mass is 400 g/mol. The number of nitrogens with one attached hydrogen (secondary N) is 1. The lowest BCUT2D eigenvalue weighted by Crippen LogP contribution is -2.62. The molecular weight excluding hydrogens is 376 g/mol. The third-order valence-corrected chi connectivity index (χ3v) is 4.63. The van der Waals surface area contributed by atoms with Crippen LogP contribution < -0.4 is 5.32 Å². The average molecular weight is 400 g/mol. The van der Waals surface area contributed by atoms with E-state index in [0.717, 1.165) is 11.1 Å². The molecule has 0 unspecified atom stereocenters. The standard InChI is InChI=1S/C21H24N2O6/c1-15(24)22-21-19(23(25)26)20(28-13-17-10-6-3-7-11-17)18(14-29-21)27-12-16-8-4-2-5-9-16/h2-11,18-21H,12-14H2,1H3,(H,22,24)/t18-,19+,20-,21+/m0/s1. The molecule has 1 aliphatic heterocycles. The molecule has 29 heavy (non-hydrogen) atoms. The first-order chi connectivity index (χ1) is 14.0. The number of benzene rings is 2. The van der Waals surface area contributed by atoms with Crippen LogP contribution in [0.3, 0.4) is 0 Å². The first-order valence-electron chi connectivity index (χ1n) is 9.38. The van der Waals surface area contributed by atoms with E-state index in [9.17, 15) is 14.9 Å². The lowest BCUT2D eigenvalue weighted by atomic mass is 10.0. The molecule has 1 fully saturated rings. The number of hydrogen-bond acceptors (Lipinski definition) is 6. The molecule has 0 radical (unpaired) electrons. The minimum absolute atomic E-state index is 0.0710. The fourth-order valence-corrected chi connectivity index (χ4v) is 3.24. The van der Waals surface area contributed by atoms with Gasteiger partial charge in [-0.3, -0.25) is 14.9 Å². The molecule has 1 amide bonds. The highest BCUT2D eigenvalue weighted by atomic mass is 16.6. The van der Waals surface area contributed by atoms with Gasteiger partial charge in [0.1, 0.15) is 6.10 Å². The molecule has 4 atom stereocenters. The third kappa shape index (κ3) is 5.83. The highest BCUT2D eigenvalue weighted by Gasteiger charge is 2.50. The fourth-order valence-electron chi connectivity index (χ4n) is 3.24. The van der Waals surface area contributed by atoms with Crippen LogP contribution in [0.4, 0.5) is 0 Å². The smallest absolute Gasteiger partial charge is 0.285 e. The van der Waals surface area contributed by atoms with Gasteiger partial charge >= 0.3 is 0 Å². The van der Waals surface area contributed by atoms with Gasteiger partial charge in [-0.1, -0.05) is 60.7 Å². The molecule has 8 heteroatoms. The molecule has 2 aromatic rings. The highest BCUT2D eigenvalue weighted by Crippen LogP contribution is 2.24. The summed E-state index contributed by atoms with van der Waals surface area (Å²) in [4.78, 5) is 22.8. The molecule has 1 heterocycles. The fraction of sp³-hybridized carbons (Fsp3) is 0.381. The molecule has 1 aliphatic rings. The van der Waals surface area contributed by atoms with Crippen molar-refractivity contribution in [3.8, 4) is 0 Å². The summed E-state index contributed by atoms with van der Waals surface area (Å²) in [6, 6.07) is 17.6. The van der Waals surface area contributed by atoms with Crippen molar-refractivity contribution in [3.63, 3.8) is 0 Å². The van der Waals surface area contributed by atoms with E-state index in [1.165, 1.54) is 6.92 Å². The summed E-state index contributed by atoms with van der Waals surface area (Å²) in [5, 5.41) is 14.3. The van der Waals surface area contributed by atoms with Crippen LogP contribution in [0.15, 0.2) is 60.7 Å². The summed E-state index contributed by atoms with van der Waals surface area (Å²) in [6.07, 6.45) is -2.63. The van der Waals surface area contributed by atoms with E-state index in [1.54, 1.807) is 0 Å². The van der Waals surface area contributed by atoms with Crippen LogP contribution in [0.1, 0.15) is 18.1 Å². The minimum Gasteiger partial charge on any atom is -0.368 e. The Labute approximate surface area is 168 Å². The summed E-state index contributed by atoms with van der Waals surface area (Å²) in [6.45, 7) is 1.82. The topological polar surface area (TPSA) is 99.9 Å². The van der Waals surface area contributed by atoms with Gasteiger partial charge in [0.05, 0.1) is 19.8 Å². The summed E-state index contributed by atoms with van der Waals surface area (Å²) in [5.41, 5.74) is 1.83. The Kier molecular flexibility index (Phi) is 7.29. The summed E-state index contributed by atoms with van der Waals surface area (Å²) in [5.74, 6) is -0.410. The maximum Gasteiger partial charge on any atom is 0.285 e. The van der Waals surface area contributed by atoms with Crippen molar-refractivity contribution in [1.82, 2.24) is 5.32 Å². The quantitative estimate of drug-likeness (QED) is 0.539. The first-order valence-corrected chi connectivity index (χ1v) is 9.38. The summed E-state index contributed by atoms with van der Waals surface area (Å²) in [7, 11) is 0. The lowest BCUT2D eigenvalue weighted by Gasteiger charge is -2.37. The van der Waals surface area contributed by atoms with Gasteiger partial charge in [-0.2, -0.15) is 0 Å². The van der Waals surface area contributed by atoms with Crippen LogP contribution in [0.5, 0.6) is 0 Å². The second kappa shape index (κ2) is 10.1. The van der Waals surface area contributed by atoms with E-state index in [1.807, 2.05) is 60.7 Å². The minimum atomic E-state index is -1.29. The van der Waals surface area contributed by atoms with E-state index < -0.39 is 35.3 Å². The molecule has 0 bridgehead atoms. The maximum absolute atomic E-state index is 11.8. The SMILES string of the molecule is CC(=O)N[C@@H]1OC[C@H](OCc2ccccc2)[C@H](OCc2ccccc2)[C@H]1[N+](=O)[O-]. The van der Waals surface area contributed by atoms with Gasteiger partial charge in [-0.05, 0) is 11.1 Å². The Morgan fingerprint density at radius 3 is 2.14 bits per heavy atom. The number of carbonyl (C=O) groups excluding carboxylic acids is 1. The second-order valence-electron chi connectivity index (χ2n) is 6.83. The van der Waals surface area contributed by atoms with Gasteiger partial charge in [-0.25, -0.2) is 0 Å². The number of carbonyl (C=O) groups is 1. The van der Waals surface area contributed by atoms with Crippen LogP contribution in [-0.4, -0.2) is 41.9 Å². The predicted octanol–water partition coefficient (Wildman–Crippen LogP) is 2.29. The Morgan fingerprint density at radius 1 is 1.07 bits per heavy atom. The Bertz CT molecular complexity index is 801. The van der Waals surface area contributed by atoms with Crippen molar-refractivity contribution in [2.75, 3.05) is 6.61 Å². The molecule has 0 aliphatic carbocycles. The highest BCUT2D eigenvalue weighted by molar-refractivity contribution is 5.73. The van der Waals surface area contributed by atoms with Crippen LogP contribution in [0.25, 0.3) is 0 Å². The van der Waals surface area contributed by atoms with Gasteiger partial charge in [0.25, 0.3) is 6.04 Å². The molecular formula is C21H24N2O6. The number of nitro groups is 1. The second-order valence-corrected chi connectivity index (χ2v) is 6.83. The van der Waals surface area contributed by atoms with Gasteiger partial charge in [0, 0.05) is 11.8 Å². The largest absolute Gasteiger partial charge is 0.368 e. The van der Waals surface area contributed by atoms with Crippen LogP contribution in [0.2, 0.25) is 0 Å². The van der Waals surface area contributed by atoms with Crippen molar-refractivity contribution < 1.29 is 23.9 Å². The van der Waals surface area contributed by atoms with Crippen LogP contribution >= 0.6 is 0 Å². The van der Waals surface area contributed by atoms with Crippen molar-refractivity contribution in [3.05, 3.63) is 81.9 Å². The average Bonchev–Trinajstić information content (AvgIpc) is 2.72. The summed E-state index contributed by atoms with van der Waals surface area (Å²) >= 11 is 0. The molecule has 2 aromatic carbocycles. The summed E-state index contributed by atoms with van der Waals surface area (Å²) < 4.78 is 17.5. The molecule has 1 N–H and O–H groups in total. The zero-order valence-electron chi connectivity index (χ0n) is 16.1. The van der Waals surface area contributed by atoms with Gasteiger partial charge in [-0.15, -0.1) is 0 Å². The molecule has 3 rings (SSSR count). The maximum atomic E-state index is 11.8. The van der Waals surface area contributed by atoms with Gasteiger partial charge in [0.2, 0.25) is 12.1 Å². The molecule has 0 saturated carbocycles. The zero-order chi connectivity index (χ0) is 20.6. The van der Waals surface area contributed by atoms with Crippen LogP contribution in [-0.2, 0) is 32.2 Å². The van der Waals surface area contributed by atoms with Crippen molar-refractivity contribution >= 4 is 5.91 Å². The molecule has 1 saturated heterocycles. The van der Waals surface area contributed by atoms with E-state index in [2.05, 4.69) is 5.32 Å².